The van der Waals surface area contributed by atoms with Crippen molar-refractivity contribution < 1.29 is 0 Å². The Labute approximate surface area is 206 Å². The Kier molecular flexibility index (Phi) is 15.9. The second-order valence-corrected chi connectivity index (χ2v) is 10.2. The Balaban J connectivity index is 1.57. The summed E-state index contributed by atoms with van der Waals surface area (Å²) in [5.41, 5.74) is 1.33. The van der Waals surface area contributed by atoms with Gasteiger partial charge in [-0.2, -0.15) is 0 Å². The summed E-state index contributed by atoms with van der Waals surface area (Å²) in [7, 11) is 0. The maximum absolute atomic E-state index is 2.60. The van der Waals surface area contributed by atoms with Gasteiger partial charge in [-0.05, 0) is 31.4 Å². The molecule has 1 aliphatic rings. The van der Waals surface area contributed by atoms with Crippen molar-refractivity contribution in [3.05, 3.63) is 42.7 Å². The maximum Gasteiger partial charge on any atom is 0.105 e. The van der Waals surface area contributed by atoms with Crippen molar-refractivity contribution in [3.8, 4) is 0 Å². The molecule has 0 aromatic heterocycles. The lowest BCUT2D eigenvalue weighted by Gasteiger charge is -2.33. The summed E-state index contributed by atoms with van der Waals surface area (Å²) in [5.74, 6) is 0. The van der Waals surface area contributed by atoms with Gasteiger partial charge in [-0.3, -0.25) is 0 Å². The molecule has 0 bridgehead atoms. The molecular formula is C31H54N2. The second kappa shape index (κ2) is 18.9. The van der Waals surface area contributed by atoms with Gasteiger partial charge in [0.1, 0.15) is 6.17 Å². The van der Waals surface area contributed by atoms with Crippen molar-refractivity contribution in [1.82, 2.24) is 4.90 Å². The van der Waals surface area contributed by atoms with Crippen LogP contribution in [0.1, 0.15) is 136 Å². The van der Waals surface area contributed by atoms with Crippen LogP contribution in [0.5, 0.6) is 0 Å². The summed E-state index contributed by atoms with van der Waals surface area (Å²) in [4.78, 5) is 5.10. The van der Waals surface area contributed by atoms with Crippen LogP contribution in [-0.4, -0.2) is 17.6 Å². The summed E-state index contributed by atoms with van der Waals surface area (Å²) in [6, 6.07) is 11.0. The molecule has 0 radical (unpaired) electrons. The van der Waals surface area contributed by atoms with E-state index in [0.29, 0.717) is 6.17 Å². The minimum Gasteiger partial charge on any atom is -0.356 e. The van der Waals surface area contributed by atoms with E-state index in [-0.39, 0.29) is 0 Å². The van der Waals surface area contributed by atoms with Crippen molar-refractivity contribution in [2.75, 3.05) is 11.4 Å². The molecule has 188 valence electrons. The Morgan fingerprint density at radius 3 is 1.58 bits per heavy atom. The quantitative estimate of drug-likeness (QED) is 0.170. The minimum atomic E-state index is 0.506. The van der Waals surface area contributed by atoms with Gasteiger partial charge in [0.15, 0.2) is 0 Å². The first kappa shape index (κ1) is 27.8. The zero-order valence-electron chi connectivity index (χ0n) is 22.2. The van der Waals surface area contributed by atoms with Crippen molar-refractivity contribution in [3.63, 3.8) is 0 Å². The van der Waals surface area contributed by atoms with Crippen molar-refractivity contribution in [1.29, 1.82) is 0 Å². The van der Waals surface area contributed by atoms with Gasteiger partial charge in [-0.1, -0.05) is 135 Å². The van der Waals surface area contributed by atoms with E-state index in [1.807, 2.05) is 0 Å². The zero-order valence-corrected chi connectivity index (χ0v) is 22.2. The summed E-state index contributed by atoms with van der Waals surface area (Å²) in [6.45, 7) is 5.80. The monoisotopic (exact) mass is 454 g/mol. The standard InChI is InChI=1S/C31H54N2/c1-3-5-7-9-10-11-12-13-14-15-16-17-18-22-26-31-32(27-23-8-6-4-2)28-29-33(31)30-24-20-19-21-25-30/h19-21,24-25,28-29,31H,3-18,22-23,26-27H2,1-2H3. The van der Waals surface area contributed by atoms with E-state index in [0.717, 1.165) is 0 Å². The number of rotatable bonds is 21. The number of hydrogen-bond donors (Lipinski definition) is 0. The summed E-state index contributed by atoms with van der Waals surface area (Å²) in [5, 5.41) is 0. The number of unbranched alkanes of at least 4 members (excludes halogenated alkanes) is 16. The van der Waals surface area contributed by atoms with Gasteiger partial charge in [0.2, 0.25) is 0 Å². The molecular weight excluding hydrogens is 400 g/mol. The summed E-state index contributed by atoms with van der Waals surface area (Å²) < 4.78 is 0. The Bertz CT molecular complexity index is 582. The first-order chi connectivity index (χ1) is 16.4. The Hall–Kier alpha value is -1.44. The SMILES string of the molecule is CCCCCCCCCCCCCCCCC1N(CCCCCC)C=CN1c1ccccc1. The van der Waals surface area contributed by atoms with Gasteiger partial charge in [-0.15, -0.1) is 0 Å². The molecule has 33 heavy (non-hydrogen) atoms. The number of benzene rings is 1. The lowest BCUT2D eigenvalue weighted by Crippen LogP contribution is -2.39. The molecule has 1 aromatic rings. The van der Waals surface area contributed by atoms with E-state index in [9.17, 15) is 0 Å². The lowest BCUT2D eigenvalue weighted by atomic mass is 10.0. The molecule has 1 atom stereocenters. The van der Waals surface area contributed by atoms with Gasteiger partial charge in [0.25, 0.3) is 0 Å². The highest BCUT2D eigenvalue weighted by Gasteiger charge is 2.26. The van der Waals surface area contributed by atoms with Gasteiger partial charge in [0, 0.05) is 24.6 Å². The topological polar surface area (TPSA) is 6.48 Å². The van der Waals surface area contributed by atoms with Crippen LogP contribution < -0.4 is 4.90 Å². The molecule has 1 heterocycles. The fourth-order valence-corrected chi connectivity index (χ4v) is 5.15. The number of hydrogen-bond acceptors (Lipinski definition) is 2. The predicted octanol–water partition coefficient (Wildman–Crippen LogP) is 10.1. The Morgan fingerprint density at radius 2 is 1.03 bits per heavy atom. The van der Waals surface area contributed by atoms with E-state index in [1.165, 1.54) is 134 Å². The van der Waals surface area contributed by atoms with E-state index < -0.39 is 0 Å². The fourth-order valence-electron chi connectivity index (χ4n) is 5.15. The molecule has 2 nitrogen and oxygen atoms in total. The van der Waals surface area contributed by atoms with Crippen LogP contribution in [0.2, 0.25) is 0 Å². The molecule has 0 saturated heterocycles. The molecule has 2 heteroatoms. The van der Waals surface area contributed by atoms with Crippen LogP contribution in [0.15, 0.2) is 42.7 Å². The molecule has 1 aromatic carbocycles. The van der Waals surface area contributed by atoms with Gasteiger partial charge < -0.3 is 9.80 Å². The lowest BCUT2D eigenvalue weighted by molar-refractivity contribution is 0.273. The smallest absolute Gasteiger partial charge is 0.105 e. The minimum absolute atomic E-state index is 0.506. The third kappa shape index (κ3) is 12.0. The number of nitrogens with zero attached hydrogens (tertiary/aromatic N) is 2. The first-order valence-corrected chi connectivity index (χ1v) is 14.6. The summed E-state index contributed by atoms with van der Waals surface area (Å²) in [6.07, 6.45) is 31.8. The third-order valence-electron chi connectivity index (χ3n) is 7.26. The fraction of sp³-hybridized carbons (Fsp3) is 0.742. The zero-order chi connectivity index (χ0) is 23.4. The average molecular weight is 455 g/mol. The highest BCUT2D eigenvalue weighted by Crippen LogP contribution is 2.28. The van der Waals surface area contributed by atoms with E-state index in [1.54, 1.807) is 0 Å². The highest BCUT2D eigenvalue weighted by atomic mass is 15.4. The molecule has 1 unspecified atom stereocenters. The second-order valence-electron chi connectivity index (χ2n) is 10.2. The molecule has 0 N–H and O–H groups in total. The van der Waals surface area contributed by atoms with Crippen molar-refractivity contribution in [2.24, 2.45) is 0 Å². The van der Waals surface area contributed by atoms with Crippen LogP contribution in [-0.2, 0) is 0 Å². The van der Waals surface area contributed by atoms with Crippen LogP contribution in [0, 0.1) is 0 Å². The predicted molar refractivity (Wildman–Crippen MR) is 148 cm³/mol. The van der Waals surface area contributed by atoms with Crippen LogP contribution in [0.25, 0.3) is 0 Å². The molecule has 0 fully saturated rings. The van der Waals surface area contributed by atoms with Gasteiger partial charge in [0.05, 0.1) is 0 Å². The van der Waals surface area contributed by atoms with E-state index in [4.69, 9.17) is 0 Å². The van der Waals surface area contributed by atoms with Crippen LogP contribution in [0.3, 0.4) is 0 Å². The first-order valence-electron chi connectivity index (χ1n) is 14.6. The largest absolute Gasteiger partial charge is 0.356 e. The van der Waals surface area contributed by atoms with Crippen molar-refractivity contribution in [2.45, 2.75) is 142 Å². The number of para-hydroxylation sites is 1. The third-order valence-corrected chi connectivity index (χ3v) is 7.26. The highest BCUT2D eigenvalue weighted by molar-refractivity contribution is 5.51. The molecule has 0 amide bonds. The Morgan fingerprint density at radius 1 is 0.545 bits per heavy atom. The molecule has 2 rings (SSSR count). The average Bonchev–Trinajstić information content (AvgIpc) is 3.25. The molecule has 0 spiro atoms. The molecule has 1 aliphatic heterocycles. The normalized spacial score (nSPS) is 15.6. The maximum atomic E-state index is 2.60. The number of anilines is 1. The van der Waals surface area contributed by atoms with Crippen molar-refractivity contribution >= 4 is 5.69 Å². The molecule has 0 aliphatic carbocycles. The van der Waals surface area contributed by atoms with Gasteiger partial charge >= 0.3 is 0 Å². The van der Waals surface area contributed by atoms with Gasteiger partial charge in [-0.25, -0.2) is 0 Å². The van der Waals surface area contributed by atoms with Crippen LogP contribution in [0.4, 0.5) is 5.69 Å². The van der Waals surface area contributed by atoms with E-state index in [2.05, 4.69) is 66.4 Å². The van der Waals surface area contributed by atoms with Crippen LogP contribution >= 0.6 is 0 Å². The molecule has 0 saturated carbocycles. The summed E-state index contributed by atoms with van der Waals surface area (Å²) >= 11 is 0. The van der Waals surface area contributed by atoms with E-state index >= 15 is 0 Å².